The number of methoxy groups -OCH3 is 1. The fraction of sp³-hybridized carbons (Fsp3) is 0.286. The first kappa shape index (κ1) is 17.2. The maximum absolute atomic E-state index is 11.2. The van der Waals surface area contributed by atoms with Crippen molar-refractivity contribution in [1.82, 2.24) is 4.57 Å². The van der Waals surface area contributed by atoms with Crippen LogP contribution in [0.4, 0.5) is 0 Å². The zero-order chi connectivity index (χ0) is 17.6. The summed E-state index contributed by atoms with van der Waals surface area (Å²) in [7, 11) is 3.68. The highest BCUT2D eigenvalue weighted by molar-refractivity contribution is 5.90. The van der Waals surface area contributed by atoms with Crippen LogP contribution in [0, 0.1) is 0 Å². The first-order valence-electron chi connectivity index (χ1n) is 8.41. The monoisotopic (exact) mass is 337 g/mol. The van der Waals surface area contributed by atoms with E-state index in [1.165, 1.54) is 0 Å². The number of aldehydes is 1. The molecule has 1 atom stereocenters. The van der Waals surface area contributed by atoms with Crippen LogP contribution in [0.3, 0.4) is 0 Å². The topological polar surface area (TPSA) is 40.5 Å². The van der Waals surface area contributed by atoms with E-state index in [0.717, 1.165) is 34.1 Å². The molecule has 0 unspecified atom stereocenters. The van der Waals surface area contributed by atoms with Gasteiger partial charge in [-0.05, 0) is 23.3 Å². The number of hydrogen-bond acceptors (Lipinski definition) is 3. The molecule has 0 saturated heterocycles. The molecule has 2 aromatic carbocycles. The molecular formula is C21H23NO3. The van der Waals surface area contributed by atoms with Gasteiger partial charge in [0.2, 0.25) is 0 Å². The summed E-state index contributed by atoms with van der Waals surface area (Å²) in [6.45, 7) is 1.03. The molecular weight excluding hydrogens is 314 g/mol. The second-order valence-corrected chi connectivity index (χ2v) is 6.15. The van der Waals surface area contributed by atoms with E-state index in [4.69, 9.17) is 9.47 Å². The molecule has 130 valence electrons. The van der Waals surface area contributed by atoms with Gasteiger partial charge in [-0.3, -0.25) is 0 Å². The van der Waals surface area contributed by atoms with Crippen molar-refractivity contribution in [3.8, 4) is 5.75 Å². The van der Waals surface area contributed by atoms with Crippen LogP contribution in [0.2, 0.25) is 0 Å². The van der Waals surface area contributed by atoms with E-state index in [1.54, 1.807) is 7.11 Å². The third kappa shape index (κ3) is 3.74. The van der Waals surface area contributed by atoms with Crippen LogP contribution >= 0.6 is 0 Å². The molecule has 0 fully saturated rings. The molecule has 0 aliphatic carbocycles. The SMILES string of the molecule is COc1cccc2c1c([C@@H](CC=O)COCc1ccccc1)cn2C. The zero-order valence-corrected chi connectivity index (χ0v) is 14.6. The summed E-state index contributed by atoms with van der Waals surface area (Å²) in [5.41, 5.74) is 3.31. The maximum atomic E-state index is 11.2. The predicted molar refractivity (Wildman–Crippen MR) is 99.0 cm³/mol. The minimum atomic E-state index is 0.00112. The van der Waals surface area contributed by atoms with E-state index in [-0.39, 0.29) is 5.92 Å². The first-order chi connectivity index (χ1) is 12.2. The van der Waals surface area contributed by atoms with Gasteiger partial charge in [-0.15, -0.1) is 0 Å². The number of carbonyl (C=O) groups is 1. The van der Waals surface area contributed by atoms with E-state index < -0.39 is 0 Å². The summed E-state index contributed by atoms with van der Waals surface area (Å²) in [4.78, 5) is 11.2. The summed E-state index contributed by atoms with van der Waals surface area (Å²) in [6, 6.07) is 16.0. The van der Waals surface area contributed by atoms with Crippen molar-refractivity contribution in [1.29, 1.82) is 0 Å². The molecule has 0 bridgehead atoms. The van der Waals surface area contributed by atoms with Crippen molar-refractivity contribution in [3.63, 3.8) is 0 Å². The minimum absolute atomic E-state index is 0.00112. The molecule has 3 aromatic rings. The van der Waals surface area contributed by atoms with Gasteiger partial charge in [-0.2, -0.15) is 0 Å². The van der Waals surface area contributed by atoms with Gasteiger partial charge in [0.05, 0.1) is 25.8 Å². The Morgan fingerprint density at radius 3 is 2.64 bits per heavy atom. The van der Waals surface area contributed by atoms with Crippen molar-refractivity contribution in [2.45, 2.75) is 18.9 Å². The smallest absolute Gasteiger partial charge is 0.128 e. The van der Waals surface area contributed by atoms with Gasteiger partial charge < -0.3 is 18.8 Å². The molecule has 0 saturated carbocycles. The first-order valence-corrected chi connectivity index (χ1v) is 8.41. The van der Waals surface area contributed by atoms with Crippen molar-refractivity contribution in [3.05, 3.63) is 65.9 Å². The number of ether oxygens (including phenoxy) is 2. The largest absolute Gasteiger partial charge is 0.496 e. The van der Waals surface area contributed by atoms with Gasteiger partial charge in [-0.25, -0.2) is 0 Å². The Morgan fingerprint density at radius 2 is 1.92 bits per heavy atom. The highest BCUT2D eigenvalue weighted by Gasteiger charge is 2.20. The molecule has 0 N–H and O–H groups in total. The van der Waals surface area contributed by atoms with Gasteiger partial charge in [0.1, 0.15) is 12.0 Å². The van der Waals surface area contributed by atoms with Crippen molar-refractivity contribution in [2.24, 2.45) is 7.05 Å². The van der Waals surface area contributed by atoms with Gasteiger partial charge in [0.15, 0.2) is 0 Å². The summed E-state index contributed by atoms with van der Waals surface area (Å²) < 4.78 is 13.5. The molecule has 4 heteroatoms. The summed E-state index contributed by atoms with van der Waals surface area (Å²) in [5, 5.41) is 1.06. The van der Waals surface area contributed by atoms with Gasteiger partial charge in [0.25, 0.3) is 0 Å². The van der Waals surface area contributed by atoms with Crippen LogP contribution in [-0.4, -0.2) is 24.6 Å². The quantitative estimate of drug-likeness (QED) is 0.582. The normalized spacial score (nSPS) is 12.2. The lowest BCUT2D eigenvalue weighted by atomic mass is 9.96. The fourth-order valence-corrected chi connectivity index (χ4v) is 3.22. The van der Waals surface area contributed by atoms with Crippen LogP contribution in [-0.2, 0) is 23.2 Å². The highest BCUT2D eigenvalue weighted by atomic mass is 16.5. The standard InChI is InChI=1S/C21H23NO3/c1-22-13-18(21-19(22)9-6-10-20(21)24-2)17(11-12-23)15-25-14-16-7-4-3-5-8-16/h3-10,12-13,17H,11,14-15H2,1-2H3/t17-/m0/s1. The Labute approximate surface area is 148 Å². The molecule has 0 radical (unpaired) electrons. The number of fused-ring (bicyclic) bond motifs is 1. The average Bonchev–Trinajstić information content (AvgIpc) is 2.99. The zero-order valence-electron chi connectivity index (χ0n) is 14.6. The Bertz CT molecular complexity index is 839. The Hall–Kier alpha value is -2.59. The maximum Gasteiger partial charge on any atom is 0.128 e. The second kappa shape index (κ2) is 7.99. The van der Waals surface area contributed by atoms with E-state index in [1.807, 2.05) is 49.5 Å². The Balaban J connectivity index is 1.85. The number of nitrogens with zero attached hydrogens (tertiary/aromatic N) is 1. The molecule has 4 nitrogen and oxygen atoms in total. The second-order valence-electron chi connectivity index (χ2n) is 6.15. The summed E-state index contributed by atoms with van der Waals surface area (Å²) in [6.07, 6.45) is 3.46. The lowest BCUT2D eigenvalue weighted by molar-refractivity contribution is -0.108. The molecule has 1 heterocycles. The molecule has 3 rings (SSSR count). The van der Waals surface area contributed by atoms with Crippen molar-refractivity contribution >= 4 is 17.2 Å². The van der Waals surface area contributed by atoms with E-state index in [0.29, 0.717) is 19.6 Å². The van der Waals surface area contributed by atoms with Crippen LogP contribution in [0.5, 0.6) is 5.75 Å². The van der Waals surface area contributed by atoms with E-state index >= 15 is 0 Å². The van der Waals surface area contributed by atoms with E-state index in [9.17, 15) is 4.79 Å². The molecule has 0 spiro atoms. The summed E-state index contributed by atoms with van der Waals surface area (Å²) >= 11 is 0. The van der Waals surface area contributed by atoms with Crippen LogP contribution < -0.4 is 4.74 Å². The third-order valence-corrected chi connectivity index (χ3v) is 4.48. The van der Waals surface area contributed by atoms with Crippen LogP contribution in [0.1, 0.15) is 23.5 Å². The van der Waals surface area contributed by atoms with Gasteiger partial charge in [-0.1, -0.05) is 36.4 Å². The lowest BCUT2D eigenvalue weighted by Gasteiger charge is -2.15. The molecule has 0 aliphatic heterocycles. The molecule has 25 heavy (non-hydrogen) atoms. The highest BCUT2D eigenvalue weighted by Crippen LogP contribution is 2.35. The number of carbonyl (C=O) groups excluding carboxylic acids is 1. The number of aryl methyl sites for hydroxylation is 1. The van der Waals surface area contributed by atoms with Crippen molar-refractivity contribution in [2.75, 3.05) is 13.7 Å². The molecule has 0 aliphatic rings. The van der Waals surface area contributed by atoms with Gasteiger partial charge in [0, 0.05) is 31.0 Å². The fourth-order valence-electron chi connectivity index (χ4n) is 3.22. The lowest BCUT2D eigenvalue weighted by Crippen LogP contribution is -2.09. The molecule has 0 amide bonds. The van der Waals surface area contributed by atoms with Crippen LogP contribution in [0.15, 0.2) is 54.7 Å². The average molecular weight is 337 g/mol. The number of hydrogen-bond donors (Lipinski definition) is 0. The predicted octanol–water partition coefficient (Wildman–Crippen LogP) is 4.08. The van der Waals surface area contributed by atoms with Gasteiger partial charge >= 0.3 is 0 Å². The van der Waals surface area contributed by atoms with Crippen molar-refractivity contribution < 1.29 is 14.3 Å². The number of aromatic nitrogens is 1. The minimum Gasteiger partial charge on any atom is -0.496 e. The van der Waals surface area contributed by atoms with Crippen LogP contribution in [0.25, 0.3) is 10.9 Å². The third-order valence-electron chi connectivity index (χ3n) is 4.48. The number of benzene rings is 2. The van der Waals surface area contributed by atoms with E-state index in [2.05, 4.69) is 16.8 Å². The Morgan fingerprint density at radius 1 is 1.12 bits per heavy atom. The summed E-state index contributed by atoms with van der Waals surface area (Å²) in [5.74, 6) is 0.827. The molecule has 1 aromatic heterocycles. The Kier molecular flexibility index (Phi) is 5.51. The number of rotatable bonds is 8.